The average molecular weight is 412 g/mol. The van der Waals surface area contributed by atoms with Crippen LogP contribution in [-0.4, -0.2) is 20.1 Å². The number of nitriles is 1. The molecule has 0 spiro atoms. The van der Waals surface area contributed by atoms with Crippen LogP contribution in [0.15, 0.2) is 35.9 Å². The van der Waals surface area contributed by atoms with Gasteiger partial charge < -0.3 is 14.8 Å². The number of anilines is 1. The highest BCUT2D eigenvalue weighted by molar-refractivity contribution is 6.36. The fraction of sp³-hybridized carbons (Fsp3) is 0.111. The molecule has 0 fully saturated rings. The lowest BCUT2D eigenvalue weighted by atomic mass is 10.1. The Morgan fingerprint density at radius 1 is 1.08 bits per heavy atom. The van der Waals surface area contributed by atoms with Crippen molar-refractivity contribution in [1.29, 1.82) is 5.26 Å². The molecule has 8 heteroatoms. The molecular weight excluding hydrogens is 399 g/mol. The summed E-state index contributed by atoms with van der Waals surface area (Å²) in [4.78, 5) is 12.4. The van der Waals surface area contributed by atoms with Gasteiger partial charge in [0.2, 0.25) is 0 Å². The maximum absolute atomic E-state index is 12.4. The highest BCUT2D eigenvalue weighted by Crippen LogP contribution is 2.34. The van der Waals surface area contributed by atoms with Crippen molar-refractivity contribution in [1.82, 2.24) is 0 Å². The van der Waals surface area contributed by atoms with Crippen LogP contribution in [0, 0.1) is 11.3 Å². The van der Waals surface area contributed by atoms with Crippen molar-refractivity contribution in [3.63, 3.8) is 0 Å². The maximum Gasteiger partial charge on any atom is 0.266 e. The minimum atomic E-state index is -0.650. The third-order valence-electron chi connectivity index (χ3n) is 3.34. The van der Waals surface area contributed by atoms with E-state index in [0.29, 0.717) is 37.8 Å². The van der Waals surface area contributed by atoms with Crippen LogP contribution in [0.4, 0.5) is 5.69 Å². The van der Waals surface area contributed by atoms with Crippen molar-refractivity contribution in [2.45, 2.75) is 0 Å². The van der Waals surface area contributed by atoms with Crippen molar-refractivity contribution in [3.8, 4) is 17.6 Å². The van der Waals surface area contributed by atoms with Crippen LogP contribution in [-0.2, 0) is 4.79 Å². The Balaban J connectivity index is 2.37. The Morgan fingerprint density at radius 3 is 2.35 bits per heavy atom. The van der Waals surface area contributed by atoms with Crippen molar-refractivity contribution < 1.29 is 14.3 Å². The number of benzene rings is 2. The second-order valence-corrected chi connectivity index (χ2v) is 6.23. The molecule has 0 radical (unpaired) electrons. The number of amides is 1. The molecule has 0 aliphatic rings. The third-order valence-corrected chi connectivity index (χ3v) is 4.24. The summed E-state index contributed by atoms with van der Waals surface area (Å²) in [6.07, 6.45) is 1.35. The largest absolute Gasteiger partial charge is 0.493 e. The van der Waals surface area contributed by atoms with E-state index in [0.717, 1.165) is 0 Å². The highest BCUT2D eigenvalue weighted by Gasteiger charge is 2.14. The first-order valence-electron chi connectivity index (χ1n) is 7.19. The van der Waals surface area contributed by atoms with Gasteiger partial charge in [-0.15, -0.1) is 0 Å². The van der Waals surface area contributed by atoms with Crippen LogP contribution in [0.2, 0.25) is 15.1 Å². The fourth-order valence-electron chi connectivity index (χ4n) is 2.07. The molecule has 0 bridgehead atoms. The van der Waals surface area contributed by atoms with E-state index in [-0.39, 0.29) is 5.57 Å². The molecule has 0 atom stereocenters. The molecule has 0 aromatic heterocycles. The number of nitrogens with one attached hydrogen (secondary N) is 1. The topological polar surface area (TPSA) is 71.3 Å². The first-order chi connectivity index (χ1) is 12.4. The Bertz CT molecular complexity index is 921. The van der Waals surface area contributed by atoms with Crippen molar-refractivity contribution in [3.05, 3.63) is 56.5 Å². The van der Waals surface area contributed by atoms with E-state index in [4.69, 9.17) is 44.3 Å². The van der Waals surface area contributed by atoms with E-state index in [2.05, 4.69) is 5.32 Å². The standard InChI is InChI=1S/C18H13Cl3N2O3/c1-25-16-6-10(14(21)8-17(16)26-2)5-11(9-22)18(24)23-15-7-12(19)3-4-13(15)20/h3-8H,1-2H3,(H,23,24)/b11-5+. The van der Waals surface area contributed by atoms with Crippen molar-refractivity contribution >= 4 is 52.5 Å². The Labute approximate surface area is 165 Å². The molecule has 0 saturated heterocycles. The summed E-state index contributed by atoms with van der Waals surface area (Å²) in [5.41, 5.74) is 0.548. The van der Waals surface area contributed by atoms with Gasteiger partial charge in [0, 0.05) is 11.1 Å². The first-order valence-corrected chi connectivity index (χ1v) is 8.32. The second-order valence-electron chi connectivity index (χ2n) is 4.98. The lowest BCUT2D eigenvalue weighted by Gasteiger charge is -2.10. The van der Waals surface area contributed by atoms with Crippen LogP contribution < -0.4 is 14.8 Å². The zero-order chi connectivity index (χ0) is 19.3. The summed E-state index contributed by atoms with van der Waals surface area (Å²) < 4.78 is 10.4. The normalized spacial score (nSPS) is 10.8. The molecule has 1 amide bonds. The molecule has 0 unspecified atom stereocenters. The Hall–Kier alpha value is -2.39. The summed E-state index contributed by atoms with van der Waals surface area (Å²) in [6.45, 7) is 0. The SMILES string of the molecule is COc1cc(Cl)c(/C=C(\C#N)C(=O)Nc2cc(Cl)ccc2Cl)cc1OC. The van der Waals surface area contributed by atoms with Gasteiger partial charge in [0.1, 0.15) is 11.6 Å². The summed E-state index contributed by atoms with van der Waals surface area (Å²) in [5, 5.41) is 12.9. The summed E-state index contributed by atoms with van der Waals surface area (Å²) in [6, 6.07) is 9.56. The van der Waals surface area contributed by atoms with Crippen LogP contribution in [0.25, 0.3) is 6.08 Å². The van der Waals surface area contributed by atoms with Gasteiger partial charge in [0.25, 0.3) is 5.91 Å². The number of hydrogen-bond acceptors (Lipinski definition) is 4. The molecule has 0 aliphatic carbocycles. The smallest absolute Gasteiger partial charge is 0.266 e. The molecule has 26 heavy (non-hydrogen) atoms. The van der Waals surface area contributed by atoms with Crippen molar-refractivity contribution in [2.24, 2.45) is 0 Å². The monoisotopic (exact) mass is 410 g/mol. The number of carbonyl (C=O) groups is 1. The van der Waals surface area contributed by atoms with Crippen LogP contribution in [0.3, 0.4) is 0 Å². The average Bonchev–Trinajstić information content (AvgIpc) is 2.63. The lowest BCUT2D eigenvalue weighted by Crippen LogP contribution is -2.13. The van der Waals surface area contributed by atoms with Gasteiger partial charge in [-0.3, -0.25) is 4.79 Å². The molecule has 134 valence electrons. The molecule has 0 saturated carbocycles. The molecule has 2 aromatic carbocycles. The third kappa shape index (κ3) is 4.61. The number of methoxy groups -OCH3 is 2. The molecule has 1 N–H and O–H groups in total. The minimum Gasteiger partial charge on any atom is -0.493 e. The van der Waals surface area contributed by atoms with E-state index in [9.17, 15) is 10.1 Å². The Kier molecular flexibility index (Phi) is 6.76. The lowest BCUT2D eigenvalue weighted by molar-refractivity contribution is -0.112. The fourth-order valence-corrected chi connectivity index (χ4v) is 2.61. The van der Waals surface area contributed by atoms with E-state index in [1.54, 1.807) is 18.2 Å². The number of rotatable bonds is 5. The highest BCUT2D eigenvalue weighted by atomic mass is 35.5. The van der Waals surface area contributed by atoms with E-state index in [1.165, 1.54) is 32.4 Å². The van der Waals surface area contributed by atoms with Gasteiger partial charge in [-0.25, -0.2) is 0 Å². The summed E-state index contributed by atoms with van der Waals surface area (Å²) >= 11 is 18.1. The predicted octanol–water partition coefficient (Wildman–Crippen LogP) is 5.21. The quantitative estimate of drug-likeness (QED) is 0.541. The molecule has 0 heterocycles. The summed E-state index contributed by atoms with van der Waals surface area (Å²) in [5.74, 6) is 0.199. The van der Waals surface area contributed by atoms with Crippen LogP contribution in [0.1, 0.15) is 5.56 Å². The molecule has 0 aliphatic heterocycles. The number of hydrogen-bond donors (Lipinski definition) is 1. The van der Waals surface area contributed by atoms with Gasteiger partial charge in [0.05, 0.1) is 30.0 Å². The Morgan fingerprint density at radius 2 is 1.73 bits per heavy atom. The van der Waals surface area contributed by atoms with Gasteiger partial charge in [-0.05, 0) is 35.9 Å². The van der Waals surface area contributed by atoms with Crippen LogP contribution >= 0.6 is 34.8 Å². The summed E-state index contributed by atoms with van der Waals surface area (Å²) in [7, 11) is 2.95. The number of carbonyl (C=O) groups excluding carboxylic acids is 1. The second kappa shape index (κ2) is 8.81. The molecule has 2 aromatic rings. The number of ether oxygens (including phenoxy) is 2. The van der Waals surface area contributed by atoms with E-state index < -0.39 is 5.91 Å². The zero-order valence-electron chi connectivity index (χ0n) is 13.8. The van der Waals surface area contributed by atoms with Gasteiger partial charge in [-0.2, -0.15) is 5.26 Å². The van der Waals surface area contributed by atoms with Gasteiger partial charge >= 0.3 is 0 Å². The minimum absolute atomic E-state index is 0.171. The zero-order valence-corrected chi connectivity index (χ0v) is 16.0. The van der Waals surface area contributed by atoms with E-state index in [1.807, 2.05) is 6.07 Å². The number of halogens is 3. The molecular formula is C18H13Cl3N2O3. The molecule has 2 rings (SSSR count). The van der Waals surface area contributed by atoms with Crippen molar-refractivity contribution in [2.75, 3.05) is 19.5 Å². The van der Waals surface area contributed by atoms with E-state index >= 15 is 0 Å². The van der Waals surface area contributed by atoms with Gasteiger partial charge in [-0.1, -0.05) is 34.8 Å². The number of nitrogens with zero attached hydrogens (tertiary/aromatic N) is 1. The maximum atomic E-state index is 12.4. The predicted molar refractivity (Wildman–Crippen MR) is 103 cm³/mol. The molecule has 5 nitrogen and oxygen atoms in total. The van der Waals surface area contributed by atoms with Crippen LogP contribution in [0.5, 0.6) is 11.5 Å². The van der Waals surface area contributed by atoms with Gasteiger partial charge in [0.15, 0.2) is 11.5 Å². The first kappa shape index (κ1) is 19.9.